The van der Waals surface area contributed by atoms with Crippen molar-refractivity contribution in [1.82, 2.24) is 9.78 Å². The summed E-state index contributed by atoms with van der Waals surface area (Å²) in [7, 11) is 1.55. The van der Waals surface area contributed by atoms with Crippen LogP contribution in [0.1, 0.15) is 28.4 Å². The smallest absolute Gasteiger partial charge is 0.267 e. The van der Waals surface area contributed by atoms with E-state index in [1.807, 2.05) is 6.92 Å². The van der Waals surface area contributed by atoms with Crippen molar-refractivity contribution in [3.63, 3.8) is 0 Å². The fourth-order valence-electron chi connectivity index (χ4n) is 1.93. The number of ether oxygens (including phenoxy) is 1. The molecule has 0 unspecified atom stereocenters. The molecular weight excluding hydrogens is 256 g/mol. The Hall–Kier alpha value is -2.43. The van der Waals surface area contributed by atoms with Gasteiger partial charge in [0.05, 0.1) is 19.9 Å². The molecule has 20 heavy (non-hydrogen) atoms. The van der Waals surface area contributed by atoms with Crippen LogP contribution in [0.4, 0.5) is 0 Å². The third kappa shape index (κ3) is 2.93. The zero-order valence-corrected chi connectivity index (χ0v) is 11.7. The number of benzene rings is 1. The second kappa shape index (κ2) is 5.69. The maximum Gasteiger partial charge on any atom is 0.267 e. The highest BCUT2D eigenvalue weighted by atomic mass is 16.5. The monoisotopic (exact) mass is 272 g/mol. The van der Waals surface area contributed by atoms with Gasteiger partial charge in [0.25, 0.3) is 5.56 Å². The second-order valence-corrected chi connectivity index (χ2v) is 4.61. The fraction of sp³-hybridized carbons (Fsp3) is 0.267. The highest BCUT2D eigenvalue weighted by molar-refractivity contribution is 5.94. The van der Waals surface area contributed by atoms with E-state index in [1.165, 1.54) is 17.7 Å². The molecular formula is C15H16N2O3. The number of carbonyl (C=O) groups excluding carboxylic acids is 1. The van der Waals surface area contributed by atoms with Gasteiger partial charge in [0.1, 0.15) is 5.75 Å². The molecule has 0 saturated carbocycles. The fourth-order valence-corrected chi connectivity index (χ4v) is 1.93. The lowest BCUT2D eigenvalue weighted by atomic mass is 10.1. The van der Waals surface area contributed by atoms with Gasteiger partial charge in [-0.3, -0.25) is 9.59 Å². The third-order valence-electron chi connectivity index (χ3n) is 3.01. The molecule has 1 aromatic carbocycles. The Morgan fingerprint density at radius 1 is 1.35 bits per heavy atom. The van der Waals surface area contributed by atoms with Crippen LogP contribution >= 0.6 is 0 Å². The van der Waals surface area contributed by atoms with Crippen LogP contribution in [-0.2, 0) is 6.54 Å². The number of hydrogen-bond acceptors (Lipinski definition) is 4. The number of aromatic nitrogens is 2. The number of methoxy groups -OCH3 is 1. The maximum absolute atomic E-state index is 11.9. The van der Waals surface area contributed by atoms with E-state index >= 15 is 0 Å². The van der Waals surface area contributed by atoms with Crippen molar-refractivity contribution in [1.29, 1.82) is 0 Å². The summed E-state index contributed by atoms with van der Waals surface area (Å²) in [6, 6.07) is 6.69. The number of ketones is 1. The molecule has 5 heteroatoms. The van der Waals surface area contributed by atoms with Crippen LogP contribution in [0.5, 0.6) is 5.75 Å². The molecule has 1 heterocycles. The Morgan fingerprint density at radius 2 is 2.10 bits per heavy atom. The third-order valence-corrected chi connectivity index (χ3v) is 3.01. The van der Waals surface area contributed by atoms with E-state index in [1.54, 1.807) is 31.5 Å². The summed E-state index contributed by atoms with van der Waals surface area (Å²) in [5.74, 6) is 0.599. The maximum atomic E-state index is 11.9. The molecule has 0 aliphatic carbocycles. The molecule has 1 aromatic heterocycles. The van der Waals surface area contributed by atoms with Gasteiger partial charge in [0.2, 0.25) is 0 Å². The standard InChI is InChI=1S/C15H16N2O3/c1-10-6-15(19)17(16-8-10)9-13-7-12(11(2)18)4-5-14(13)20-3/h4-8H,9H2,1-3H3. The van der Waals surface area contributed by atoms with E-state index in [0.717, 1.165) is 11.1 Å². The van der Waals surface area contributed by atoms with E-state index in [2.05, 4.69) is 5.10 Å². The van der Waals surface area contributed by atoms with Gasteiger partial charge in [-0.15, -0.1) is 0 Å². The van der Waals surface area contributed by atoms with Crippen molar-refractivity contribution in [2.75, 3.05) is 7.11 Å². The Kier molecular flexibility index (Phi) is 3.98. The number of carbonyl (C=O) groups is 1. The van der Waals surface area contributed by atoms with Gasteiger partial charge in [-0.25, -0.2) is 4.68 Å². The molecule has 0 spiro atoms. The minimum Gasteiger partial charge on any atom is -0.496 e. The second-order valence-electron chi connectivity index (χ2n) is 4.61. The molecule has 2 aromatic rings. The SMILES string of the molecule is COc1ccc(C(C)=O)cc1Cn1ncc(C)cc1=O. The zero-order chi connectivity index (χ0) is 14.7. The van der Waals surface area contributed by atoms with Crippen molar-refractivity contribution >= 4 is 5.78 Å². The average molecular weight is 272 g/mol. The lowest BCUT2D eigenvalue weighted by molar-refractivity contribution is 0.101. The average Bonchev–Trinajstić information content (AvgIpc) is 2.41. The predicted octanol–water partition coefficient (Wildman–Crippen LogP) is 1.81. The Bertz CT molecular complexity index is 705. The summed E-state index contributed by atoms with van der Waals surface area (Å²) < 4.78 is 6.60. The number of nitrogens with zero attached hydrogens (tertiary/aromatic N) is 2. The van der Waals surface area contributed by atoms with Gasteiger partial charge < -0.3 is 4.74 Å². The van der Waals surface area contributed by atoms with Gasteiger partial charge in [0.15, 0.2) is 5.78 Å². The first-order valence-electron chi connectivity index (χ1n) is 6.23. The Labute approximate surface area is 116 Å². The zero-order valence-electron chi connectivity index (χ0n) is 11.7. The van der Waals surface area contributed by atoms with E-state index in [0.29, 0.717) is 11.3 Å². The van der Waals surface area contributed by atoms with Gasteiger partial charge in [-0.2, -0.15) is 5.10 Å². The van der Waals surface area contributed by atoms with E-state index < -0.39 is 0 Å². The Morgan fingerprint density at radius 3 is 2.70 bits per heavy atom. The molecule has 0 saturated heterocycles. The number of aryl methyl sites for hydroxylation is 1. The minimum absolute atomic E-state index is 0.0295. The van der Waals surface area contributed by atoms with E-state index in [4.69, 9.17) is 4.74 Å². The first-order chi connectivity index (χ1) is 9.51. The lowest BCUT2D eigenvalue weighted by Crippen LogP contribution is -2.23. The van der Waals surface area contributed by atoms with Gasteiger partial charge in [-0.05, 0) is 37.6 Å². The highest BCUT2D eigenvalue weighted by Crippen LogP contribution is 2.20. The molecule has 0 amide bonds. The quantitative estimate of drug-likeness (QED) is 0.796. The largest absolute Gasteiger partial charge is 0.496 e. The van der Waals surface area contributed by atoms with Gasteiger partial charge in [0, 0.05) is 17.2 Å². The van der Waals surface area contributed by atoms with Crippen molar-refractivity contribution in [2.45, 2.75) is 20.4 Å². The van der Waals surface area contributed by atoms with Crippen LogP contribution in [0.2, 0.25) is 0 Å². The van der Waals surface area contributed by atoms with Crippen molar-refractivity contribution < 1.29 is 9.53 Å². The molecule has 0 fully saturated rings. The molecule has 0 atom stereocenters. The molecule has 2 rings (SSSR count). The summed E-state index contributed by atoms with van der Waals surface area (Å²) in [6.07, 6.45) is 1.63. The highest BCUT2D eigenvalue weighted by Gasteiger charge is 2.09. The van der Waals surface area contributed by atoms with Crippen molar-refractivity contribution in [2.24, 2.45) is 0 Å². The normalized spacial score (nSPS) is 10.3. The summed E-state index contributed by atoms with van der Waals surface area (Å²) in [5, 5.41) is 4.09. The van der Waals surface area contributed by atoms with Gasteiger partial charge >= 0.3 is 0 Å². The number of hydrogen-bond donors (Lipinski definition) is 0. The van der Waals surface area contributed by atoms with Crippen LogP contribution in [0.3, 0.4) is 0 Å². The molecule has 0 radical (unpaired) electrons. The number of rotatable bonds is 4. The van der Waals surface area contributed by atoms with Crippen LogP contribution < -0.4 is 10.3 Å². The molecule has 0 aliphatic rings. The van der Waals surface area contributed by atoms with Crippen LogP contribution in [0.25, 0.3) is 0 Å². The van der Waals surface area contributed by atoms with Crippen molar-refractivity contribution in [3.05, 3.63) is 57.5 Å². The summed E-state index contributed by atoms with van der Waals surface area (Å²) in [4.78, 5) is 23.3. The van der Waals surface area contributed by atoms with Crippen LogP contribution in [0, 0.1) is 6.92 Å². The van der Waals surface area contributed by atoms with Crippen molar-refractivity contribution in [3.8, 4) is 5.75 Å². The minimum atomic E-state index is -0.180. The molecule has 0 N–H and O–H groups in total. The number of Topliss-reactive ketones (excluding diaryl/α,β-unsaturated/α-hetero) is 1. The van der Waals surface area contributed by atoms with Crippen LogP contribution in [-0.4, -0.2) is 22.7 Å². The predicted molar refractivity (Wildman–Crippen MR) is 75.3 cm³/mol. The Balaban J connectivity index is 2.43. The molecule has 104 valence electrons. The van der Waals surface area contributed by atoms with Gasteiger partial charge in [-0.1, -0.05) is 0 Å². The van der Waals surface area contributed by atoms with E-state index in [9.17, 15) is 9.59 Å². The van der Waals surface area contributed by atoms with Crippen LogP contribution in [0.15, 0.2) is 35.3 Å². The first kappa shape index (κ1) is 14.0. The lowest BCUT2D eigenvalue weighted by Gasteiger charge is -2.11. The summed E-state index contributed by atoms with van der Waals surface area (Å²) >= 11 is 0. The summed E-state index contributed by atoms with van der Waals surface area (Å²) in [6.45, 7) is 3.58. The summed E-state index contributed by atoms with van der Waals surface area (Å²) in [5.41, 5.74) is 1.97. The molecule has 0 bridgehead atoms. The molecule has 5 nitrogen and oxygen atoms in total. The topological polar surface area (TPSA) is 61.2 Å². The first-order valence-corrected chi connectivity index (χ1v) is 6.23. The van der Waals surface area contributed by atoms with E-state index in [-0.39, 0.29) is 17.9 Å². The molecule has 0 aliphatic heterocycles.